The summed E-state index contributed by atoms with van der Waals surface area (Å²) in [6, 6.07) is 17.4. The quantitative estimate of drug-likeness (QED) is 0.746. The molecule has 0 saturated heterocycles. The van der Waals surface area contributed by atoms with E-state index in [0.29, 0.717) is 11.5 Å². The summed E-state index contributed by atoms with van der Waals surface area (Å²) in [6.45, 7) is 0. The van der Waals surface area contributed by atoms with Gasteiger partial charge in [-0.2, -0.15) is 0 Å². The summed E-state index contributed by atoms with van der Waals surface area (Å²) in [4.78, 5) is 0. The maximum Gasteiger partial charge on any atom is 0.115 e. The lowest BCUT2D eigenvalue weighted by molar-refractivity contribution is 0.475. The molecule has 0 amide bonds. The smallest absolute Gasteiger partial charge is 0.115 e. The first-order valence-corrected chi connectivity index (χ1v) is 4.27. The maximum atomic E-state index is 8.63. The lowest BCUT2D eigenvalue weighted by Gasteiger charge is -1.82. The summed E-state index contributed by atoms with van der Waals surface area (Å²) in [5, 5.41) is 17.3. The van der Waals surface area contributed by atoms with Gasteiger partial charge >= 0.3 is 0 Å². The second-order valence-electron chi connectivity index (χ2n) is 2.67. The van der Waals surface area contributed by atoms with Crippen molar-refractivity contribution in [2.75, 3.05) is 0 Å². The minimum Gasteiger partial charge on any atom is -0.508 e. The zero-order chi connectivity index (χ0) is 10.2. The van der Waals surface area contributed by atoms with Crippen molar-refractivity contribution < 1.29 is 10.2 Å². The fraction of sp³-hybridized carbons (Fsp3) is 0. The molecule has 0 aliphatic rings. The molecule has 0 aromatic heterocycles. The van der Waals surface area contributed by atoms with Crippen LogP contribution in [-0.4, -0.2) is 10.2 Å². The van der Waals surface area contributed by atoms with Crippen LogP contribution in [-0.2, 0) is 0 Å². The van der Waals surface area contributed by atoms with E-state index in [1.54, 1.807) is 48.5 Å². The molecule has 2 N–H and O–H groups in total. The molecular formula is C12H16Cl4O2. The first kappa shape index (κ1) is 25.9. The summed E-state index contributed by atoms with van der Waals surface area (Å²) in [5.41, 5.74) is 0. The largest absolute Gasteiger partial charge is 0.508 e. The van der Waals surface area contributed by atoms with Crippen LogP contribution < -0.4 is 0 Å². The standard InChI is InChI=1S/2C6H6O.4ClH/c2*7-6-4-2-1-3-5-6;;;;/h2*1-5,7H;4*1H. The van der Waals surface area contributed by atoms with E-state index in [1.807, 2.05) is 12.1 Å². The van der Waals surface area contributed by atoms with Gasteiger partial charge in [-0.05, 0) is 24.3 Å². The molecule has 0 fully saturated rings. The first-order chi connectivity index (χ1) is 6.79. The monoisotopic (exact) mass is 332 g/mol. The van der Waals surface area contributed by atoms with Gasteiger partial charge in [0.05, 0.1) is 0 Å². The van der Waals surface area contributed by atoms with Crippen molar-refractivity contribution in [2.24, 2.45) is 0 Å². The predicted molar refractivity (Wildman–Crippen MR) is 85.2 cm³/mol. The lowest BCUT2D eigenvalue weighted by Crippen LogP contribution is -1.56. The molecule has 2 rings (SSSR count). The number of hydrogen-bond donors (Lipinski definition) is 2. The zero-order valence-corrected chi connectivity index (χ0v) is 12.6. The van der Waals surface area contributed by atoms with Crippen molar-refractivity contribution in [3.8, 4) is 11.5 Å². The summed E-state index contributed by atoms with van der Waals surface area (Å²) in [5.74, 6) is 0.644. The molecule has 0 atom stereocenters. The van der Waals surface area contributed by atoms with Crippen LogP contribution in [0.25, 0.3) is 0 Å². The second kappa shape index (κ2) is 16.2. The Labute approximate surface area is 132 Å². The lowest BCUT2D eigenvalue weighted by atomic mass is 10.3. The topological polar surface area (TPSA) is 40.5 Å². The molecule has 0 aliphatic carbocycles. The van der Waals surface area contributed by atoms with E-state index in [2.05, 4.69) is 0 Å². The van der Waals surface area contributed by atoms with Crippen LogP contribution in [0.15, 0.2) is 60.7 Å². The number of aromatic hydroxyl groups is 2. The number of phenols is 2. The Bertz CT molecular complexity index is 319. The highest BCUT2D eigenvalue weighted by Gasteiger charge is 1.75. The minimum absolute atomic E-state index is 0. The molecule has 0 bridgehead atoms. The Balaban J connectivity index is -0.0000000891. The van der Waals surface area contributed by atoms with E-state index in [1.165, 1.54) is 0 Å². The maximum absolute atomic E-state index is 8.63. The van der Waals surface area contributed by atoms with Crippen LogP contribution in [0.3, 0.4) is 0 Å². The minimum atomic E-state index is 0. The van der Waals surface area contributed by atoms with Crippen LogP contribution in [0.5, 0.6) is 11.5 Å². The molecular weight excluding hydrogens is 318 g/mol. The Hall–Kier alpha value is -0.800. The molecule has 2 nitrogen and oxygen atoms in total. The summed E-state index contributed by atoms with van der Waals surface area (Å²) in [6.07, 6.45) is 0. The van der Waals surface area contributed by atoms with E-state index >= 15 is 0 Å². The molecule has 0 radical (unpaired) electrons. The van der Waals surface area contributed by atoms with Crippen molar-refractivity contribution in [2.45, 2.75) is 0 Å². The SMILES string of the molecule is Cl.Cl.Cl.Cl.Oc1ccccc1.Oc1ccccc1. The summed E-state index contributed by atoms with van der Waals surface area (Å²) < 4.78 is 0. The van der Waals surface area contributed by atoms with Crippen molar-refractivity contribution >= 4 is 49.6 Å². The van der Waals surface area contributed by atoms with Crippen molar-refractivity contribution in [3.05, 3.63) is 60.7 Å². The van der Waals surface area contributed by atoms with Crippen LogP contribution in [0.2, 0.25) is 0 Å². The van der Waals surface area contributed by atoms with Gasteiger partial charge in [0.1, 0.15) is 11.5 Å². The van der Waals surface area contributed by atoms with Crippen molar-refractivity contribution in [3.63, 3.8) is 0 Å². The summed E-state index contributed by atoms with van der Waals surface area (Å²) >= 11 is 0. The van der Waals surface area contributed by atoms with Gasteiger partial charge in [0, 0.05) is 0 Å². The number of phenolic OH excluding ortho intramolecular Hbond substituents is 2. The van der Waals surface area contributed by atoms with Gasteiger partial charge in [0.25, 0.3) is 0 Å². The first-order valence-electron chi connectivity index (χ1n) is 4.27. The number of rotatable bonds is 0. The Morgan fingerprint density at radius 3 is 0.778 bits per heavy atom. The van der Waals surface area contributed by atoms with Gasteiger partial charge in [0.2, 0.25) is 0 Å². The van der Waals surface area contributed by atoms with Gasteiger partial charge in [0.15, 0.2) is 0 Å². The fourth-order valence-corrected chi connectivity index (χ4v) is 0.856. The molecule has 0 aliphatic heterocycles. The fourth-order valence-electron chi connectivity index (χ4n) is 0.856. The third kappa shape index (κ3) is 13.3. The molecule has 6 heteroatoms. The predicted octanol–water partition coefficient (Wildman–Crippen LogP) is 4.47. The second-order valence-corrected chi connectivity index (χ2v) is 2.67. The van der Waals surface area contributed by atoms with E-state index < -0.39 is 0 Å². The van der Waals surface area contributed by atoms with Crippen molar-refractivity contribution in [1.82, 2.24) is 0 Å². The van der Waals surface area contributed by atoms with E-state index in [0.717, 1.165) is 0 Å². The summed E-state index contributed by atoms with van der Waals surface area (Å²) in [7, 11) is 0. The molecule has 104 valence electrons. The average molecular weight is 334 g/mol. The molecule has 0 spiro atoms. The highest BCUT2D eigenvalue weighted by atomic mass is 35.5. The molecule has 18 heavy (non-hydrogen) atoms. The van der Waals surface area contributed by atoms with E-state index in [9.17, 15) is 0 Å². The van der Waals surface area contributed by atoms with Gasteiger partial charge in [-0.25, -0.2) is 0 Å². The van der Waals surface area contributed by atoms with Crippen LogP contribution >= 0.6 is 49.6 Å². The van der Waals surface area contributed by atoms with Gasteiger partial charge < -0.3 is 10.2 Å². The van der Waals surface area contributed by atoms with Crippen LogP contribution in [0.1, 0.15) is 0 Å². The molecule has 0 unspecified atom stereocenters. The van der Waals surface area contributed by atoms with Gasteiger partial charge in [-0.3, -0.25) is 0 Å². The molecule has 2 aromatic carbocycles. The van der Waals surface area contributed by atoms with Crippen LogP contribution in [0.4, 0.5) is 0 Å². The highest BCUT2D eigenvalue weighted by molar-refractivity contribution is 5.86. The van der Waals surface area contributed by atoms with E-state index in [4.69, 9.17) is 10.2 Å². The molecule has 2 aromatic rings. The third-order valence-corrected chi connectivity index (χ3v) is 1.51. The van der Waals surface area contributed by atoms with Gasteiger partial charge in [-0.15, -0.1) is 49.6 Å². The van der Waals surface area contributed by atoms with E-state index in [-0.39, 0.29) is 49.6 Å². The molecule has 0 saturated carbocycles. The number of halogens is 4. The number of para-hydroxylation sites is 2. The van der Waals surface area contributed by atoms with Crippen LogP contribution in [0, 0.1) is 0 Å². The van der Waals surface area contributed by atoms with Gasteiger partial charge in [-0.1, -0.05) is 36.4 Å². The normalized spacial score (nSPS) is 6.67. The Kier molecular flexibility index (Phi) is 23.3. The zero-order valence-electron chi connectivity index (χ0n) is 9.30. The highest BCUT2D eigenvalue weighted by Crippen LogP contribution is 2.03. The average Bonchev–Trinajstić information content (AvgIpc) is 2.21. The van der Waals surface area contributed by atoms with Crippen molar-refractivity contribution in [1.29, 1.82) is 0 Å². The number of benzene rings is 2. The number of hydrogen-bond acceptors (Lipinski definition) is 2. The Morgan fingerprint density at radius 2 is 0.667 bits per heavy atom. The molecule has 0 heterocycles. The Morgan fingerprint density at radius 1 is 0.444 bits per heavy atom. The third-order valence-electron chi connectivity index (χ3n) is 1.51.